The number of hydrogen-bond donors (Lipinski definition) is 0. The Hall–Kier alpha value is -1.58. The van der Waals surface area contributed by atoms with Crippen LogP contribution in [0.3, 0.4) is 0 Å². The zero-order valence-corrected chi connectivity index (χ0v) is 21.8. The molecule has 0 rings (SSSR count). The third kappa shape index (κ3) is 18.0. The van der Waals surface area contributed by atoms with Gasteiger partial charge in [0.05, 0.1) is 6.61 Å². The van der Waals surface area contributed by atoms with E-state index in [9.17, 15) is 9.59 Å². The van der Waals surface area contributed by atoms with Crippen LogP contribution in [0.15, 0.2) is 23.3 Å². The number of likely N-dealkylation sites (N-methyl/N-ethyl adjacent to an activating group) is 1. The number of unbranched alkanes of at least 4 members (excludes halogenated alkanes) is 15. The van der Waals surface area contributed by atoms with E-state index in [1.807, 2.05) is 0 Å². The average molecular weight is 450 g/mol. The highest BCUT2D eigenvalue weighted by Gasteiger charge is 2.07. The summed E-state index contributed by atoms with van der Waals surface area (Å²) in [5.41, 5.74) is 1.12. The minimum absolute atomic E-state index is 0.0596. The van der Waals surface area contributed by atoms with Gasteiger partial charge in [0.25, 0.3) is 0 Å². The molecule has 0 fully saturated rings. The second kappa shape index (κ2) is 21.3. The van der Waals surface area contributed by atoms with Gasteiger partial charge in [-0.1, -0.05) is 115 Å². The Morgan fingerprint density at radius 3 is 1.41 bits per heavy atom. The summed E-state index contributed by atoms with van der Waals surface area (Å²) in [7, 11) is 3.42. The third-order valence-corrected chi connectivity index (χ3v) is 5.88. The molecule has 0 aromatic carbocycles. The predicted molar refractivity (Wildman–Crippen MR) is 137 cm³/mol. The minimum atomic E-state index is -0.299. The highest BCUT2D eigenvalue weighted by atomic mass is 16.5. The number of nitrogens with zero attached hydrogens (tertiary/aromatic N) is 1. The Bertz CT molecular complexity index is 549. The van der Waals surface area contributed by atoms with Crippen molar-refractivity contribution in [2.45, 2.75) is 124 Å². The molecule has 0 radical (unpaired) electrons. The number of amides is 1. The summed E-state index contributed by atoms with van der Waals surface area (Å²) in [6.45, 7) is 6.22. The van der Waals surface area contributed by atoms with Gasteiger partial charge in [-0.2, -0.15) is 0 Å². The molecule has 0 saturated carbocycles. The van der Waals surface area contributed by atoms with Crippen molar-refractivity contribution < 1.29 is 14.3 Å². The molecule has 0 aliphatic rings. The van der Waals surface area contributed by atoms with Crippen molar-refractivity contribution in [3.05, 3.63) is 23.3 Å². The molecule has 0 bridgehead atoms. The van der Waals surface area contributed by atoms with E-state index < -0.39 is 0 Å². The molecular formula is C28H51NO3. The van der Waals surface area contributed by atoms with Gasteiger partial charge in [-0.05, 0) is 20.3 Å². The number of allylic oxidation sites excluding steroid dienone is 2. The third-order valence-electron chi connectivity index (χ3n) is 5.88. The zero-order valence-electron chi connectivity index (χ0n) is 21.8. The van der Waals surface area contributed by atoms with Gasteiger partial charge >= 0.3 is 5.97 Å². The molecule has 0 aromatic heterocycles. The van der Waals surface area contributed by atoms with Gasteiger partial charge in [0.15, 0.2) is 0 Å². The molecule has 1 amide bonds. The van der Waals surface area contributed by atoms with E-state index in [0.717, 1.165) is 12.8 Å². The van der Waals surface area contributed by atoms with Crippen molar-refractivity contribution >= 4 is 11.9 Å². The van der Waals surface area contributed by atoms with E-state index in [2.05, 4.69) is 6.92 Å². The molecular weight excluding hydrogens is 398 g/mol. The number of ether oxygens (including phenoxy) is 1. The number of carbonyl (C=O) groups excluding carboxylic acids is 2. The smallest absolute Gasteiger partial charge is 0.333 e. The van der Waals surface area contributed by atoms with Gasteiger partial charge < -0.3 is 9.64 Å². The maximum absolute atomic E-state index is 12.0. The number of hydrogen-bond acceptors (Lipinski definition) is 3. The molecule has 0 saturated heterocycles. The molecule has 0 unspecified atom stereocenters. The van der Waals surface area contributed by atoms with Crippen molar-refractivity contribution in [3.8, 4) is 0 Å². The van der Waals surface area contributed by atoms with E-state index in [0.29, 0.717) is 17.8 Å². The van der Waals surface area contributed by atoms with Crippen LogP contribution in [0.2, 0.25) is 0 Å². The molecule has 0 aliphatic carbocycles. The molecule has 4 heteroatoms. The van der Waals surface area contributed by atoms with Gasteiger partial charge in [-0.3, -0.25) is 4.79 Å². The van der Waals surface area contributed by atoms with Crippen LogP contribution in [0.4, 0.5) is 0 Å². The van der Waals surface area contributed by atoms with Crippen LogP contribution in [0.1, 0.15) is 124 Å². The van der Waals surface area contributed by atoms with Gasteiger partial charge in [0.1, 0.15) is 0 Å². The standard InChI is InChI=1S/C28H51NO3/c1-6-7-8-9-10-11-12-13-14-15-16-17-18-19-20-21-24-32-28(31)26(3)23-22-25(2)27(30)29(4)5/h22-23H,6-21,24H2,1-5H3/b25-22+,26-23+. The zero-order chi connectivity index (χ0) is 24.0. The summed E-state index contributed by atoms with van der Waals surface area (Å²) >= 11 is 0. The molecule has 186 valence electrons. The lowest BCUT2D eigenvalue weighted by Gasteiger charge is -2.09. The Balaban J connectivity index is 3.55. The normalized spacial score (nSPS) is 12.2. The first-order valence-corrected chi connectivity index (χ1v) is 13.1. The van der Waals surface area contributed by atoms with Crippen molar-refractivity contribution in [2.75, 3.05) is 20.7 Å². The highest BCUT2D eigenvalue weighted by Crippen LogP contribution is 2.14. The molecule has 0 spiro atoms. The number of rotatable bonds is 20. The fourth-order valence-corrected chi connectivity index (χ4v) is 3.67. The summed E-state index contributed by atoms with van der Waals surface area (Å²) in [6.07, 6.45) is 24.6. The van der Waals surface area contributed by atoms with Crippen molar-refractivity contribution in [1.82, 2.24) is 4.90 Å². The van der Waals surface area contributed by atoms with Crippen LogP contribution < -0.4 is 0 Å². The molecule has 0 N–H and O–H groups in total. The first kappa shape index (κ1) is 30.4. The van der Waals surface area contributed by atoms with E-state index in [1.165, 1.54) is 94.8 Å². The predicted octanol–water partition coefficient (Wildman–Crippen LogP) is 7.77. The number of carbonyl (C=O) groups is 2. The maximum atomic E-state index is 12.0. The summed E-state index contributed by atoms with van der Waals surface area (Å²) < 4.78 is 5.33. The fourth-order valence-electron chi connectivity index (χ4n) is 3.67. The molecule has 0 atom stereocenters. The molecule has 0 heterocycles. The lowest BCUT2D eigenvalue weighted by Crippen LogP contribution is -2.22. The average Bonchev–Trinajstić information content (AvgIpc) is 2.78. The van der Waals surface area contributed by atoms with Crippen LogP contribution in [-0.2, 0) is 14.3 Å². The van der Waals surface area contributed by atoms with Gasteiger partial charge in [0, 0.05) is 25.2 Å². The first-order chi connectivity index (χ1) is 15.4. The fraction of sp³-hybridized carbons (Fsp3) is 0.786. The largest absolute Gasteiger partial charge is 0.462 e. The summed E-state index contributed by atoms with van der Waals surface area (Å²) in [6, 6.07) is 0. The maximum Gasteiger partial charge on any atom is 0.333 e. The van der Waals surface area contributed by atoms with E-state index in [1.54, 1.807) is 40.1 Å². The Morgan fingerprint density at radius 1 is 0.625 bits per heavy atom. The van der Waals surface area contributed by atoms with Crippen LogP contribution in [0, 0.1) is 0 Å². The van der Waals surface area contributed by atoms with Gasteiger partial charge in [0.2, 0.25) is 5.91 Å². The highest BCUT2D eigenvalue weighted by molar-refractivity contribution is 5.93. The summed E-state index contributed by atoms with van der Waals surface area (Å²) in [4.78, 5) is 25.3. The Labute approximate surface area is 198 Å². The lowest BCUT2D eigenvalue weighted by atomic mass is 10.0. The molecule has 4 nitrogen and oxygen atoms in total. The quantitative estimate of drug-likeness (QED) is 0.0825. The minimum Gasteiger partial charge on any atom is -0.462 e. The van der Waals surface area contributed by atoms with Crippen molar-refractivity contribution in [1.29, 1.82) is 0 Å². The summed E-state index contributed by atoms with van der Waals surface area (Å²) in [5.74, 6) is -0.358. The van der Waals surface area contributed by atoms with Crippen molar-refractivity contribution in [3.63, 3.8) is 0 Å². The van der Waals surface area contributed by atoms with E-state index in [-0.39, 0.29) is 11.9 Å². The molecule has 0 aliphatic heterocycles. The molecule has 32 heavy (non-hydrogen) atoms. The first-order valence-electron chi connectivity index (χ1n) is 13.1. The Kier molecular flexibility index (Phi) is 20.2. The van der Waals surface area contributed by atoms with E-state index >= 15 is 0 Å². The van der Waals surface area contributed by atoms with E-state index in [4.69, 9.17) is 4.74 Å². The van der Waals surface area contributed by atoms with Gasteiger partial charge in [-0.15, -0.1) is 0 Å². The lowest BCUT2D eigenvalue weighted by molar-refractivity contribution is -0.139. The second-order valence-electron chi connectivity index (χ2n) is 9.34. The topological polar surface area (TPSA) is 46.6 Å². The van der Waals surface area contributed by atoms with Crippen LogP contribution in [0.5, 0.6) is 0 Å². The summed E-state index contributed by atoms with van der Waals surface area (Å²) in [5, 5.41) is 0. The van der Waals surface area contributed by atoms with Crippen LogP contribution in [0.25, 0.3) is 0 Å². The number of esters is 1. The van der Waals surface area contributed by atoms with Crippen LogP contribution >= 0.6 is 0 Å². The van der Waals surface area contributed by atoms with Crippen molar-refractivity contribution in [2.24, 2.45) is 0 Å². The Morgan fingerprint density at radius 2 is 1.00 bits per heavy atom. The molecule has 0 aromatic rings. The SMILES string of the molecule is CCCCCCCCCCCCCCCCCCOC(=O)/C(C)=C/C=C(\C)C(=O)N(C)C. The van der Waals surface area contributed by atoms with Gasteiger partial charge in [-0.25, -0.2) is 4.79 Å². The van der Waals surface area contributed by atoms with Crippen LogP contribution in [-0.4, -0.2) is 37.5 Å². The monoisotopic (exact) mass is 449 g/mol. The second-order valence-corrected chi connectivity index (χ2v) is 9.34.